The van der Waals surface area contributed by atoms with Crippen molar-refractivity contribution in [3.05, 3.63) is 35.5 Å². The smallest absolute Gasteiger partial charge is 0.348 e. The van der Waals surface area contributed by atoms with Crippen molar-refractivity contribution in [2.45, 2.75) is 12.2 Å². The highest BCUT2D eigenvalue weighted by atomic mass is 16.7. The number of nitrogens with zero attached hydrogens (tertiary/aromatic N) is 1. The number of carbonyl (C=O) groups is 1. The van der Waals surface area contributed by atoms with E-state index in [0.29, 0.717) is 6.42 Å². The van der Waals surface area contributed by atoms with E-state index in [0.717, 1.165) is 5.57 Å². The monoisotopic (exact) mass is 249 g/mol. The predicted molar refractivity (Wildman–Crippen MR) is 64.3 cm³/mol. The Bertz CT molecular complexity index is 450. The number of rotatable bonds is 4. The Labute approximate surface area is 106 Å². The van der Waals surface area contributed by atoms with Crippen LogP contribution in [0.2, 0.25) is 0 Å². The molecule has 1 rings (SSSR count). The molecule has 0 heterocycles. The first-order chi connectivity index (χ1) is 8.60. The van der Waals surface area contributed by atoms with E-state index in [-0.39, 0.29) is 5.57 Å². The lowest BCUT2D eigenvalue weighted by Gasteiger charge is -2.30. The van der Waals surface area contributed by atoms with Gasteiger partial charge in [0.1, 0.15) is 11.6 Å². The summed E-state index contributed by atoms with van der Waals surface area (Å²) in [6.07, 6.45) is 7.21. The summed E-state index contributed by atoms with van der Waals surface area (Å²) in [7, 11) is 4.30. The second-order valence-corrected chi connectivity index (χ2v) is 3.66. The summed E-state index contributed by atoms with van der Waals surface area (Å²) in [5.74, 6) is -1.51. The van der Waals surface area contributed by atoms with Gasteiger partial charge in [-0.05, 0) is 17.7 Å². The zero-order chi connectivity index (χ0) is 13.6. The molecule has 0 fully saturated rings. The third-order valence-corrected chi connectivity index (χ3v) is 2.66. The molecule has 0 unspecified atom stereocenters. The normalized spacial score (nSPS) is 17.9. The number of nitriles is 1. The standard InChI is InChI=1S/C13H15NO4/c1-16-12(15)11(9-14)7-10-5-4-6-13(8-10,17-2)18-3/h4-7H,8H2,1-3H3. The van der Waals surface area contributed by atoms with Crippen LogP contribution in [0, 0.1) is 11.3 Å². The summed E-state index contributed by atoms with van der Waals surface area (Å²) >= 11 is 0. The van der Waals surface area contributed by atoms with Crippen LogP contribution in [0.4, 0.5) is 0 Å². The van der Waals surface area contributed by atoms with E-state index in [2.05, 4.69) is 4.74 Å². The molecule has 0 atom stereocenters. The van der Waals surface area contributed by atoms with Gasteiger partial charge in [0, 0.05) is 20.6 Å². The van der Waals surface area contributed by atoms with E-state index in [9.17, 15) is 4.79 Å². The Morgan fingerprint density at radius 1 is 1.44 bits per heavy atom. The molecule has 0 N–H and O–H groups in total. The predicted octanol–water partition coefficient (Wildman–Crippen LogP) is 1.48. The van der Waals surface area contributed by atoms with E-state index in [1.807, 2.05) is 0 Å². The zero-order valence-electron chi connectivity index (χ0n) is 10.6. The van der Waals surface area contributed by atoms with E-state index in [1.165, 1.54) is 27.4 Å². The Morgan fingerprint density at radius 3 is 2.61 bits per heavy atom. The topological polar surface area (TPSA) is 68.6 Å². The van der Waals surface area contributed by atoms with Crippen LogP contribution in [-0.2, 0) is 19.0 Å². The van der Waals surface area contributed by atoms with Crippen LogP contribution < -0.4 is 0 Å². The molecule has 0 amide bonds. The van der Waals surface area contributed by atoms with Crippen LogP contribution in [0.15, 0.2) is 35.5 Å². The molecule has 5 nitrogen and oxygen atoms in total. The Kier molecular flexibility index (Phi) is 4.84. The third kappa shape index (κ3) is 3.06. The molecule has 1 aliphatic rings. The quantitative estimate of drug-likeness (QED) is 0.327. The van der Waals surface area contributed by atoms with Gasteiger partial charge in [-0.25, -0.2) is 4.79 Å². The fraction of sp³-hybridized carbons (Fsp3) is 0.385. The second kappa shape index (κ2) is 6.15. The van der Waals surface area contributed by atoms with Gasteiger partial charge in [0.2, 0.25) is 0 Å². The molecular weight excluding hydrogens is 234 g/mol. The molecule has 0 bridgehead atoms. The van der Waals surface area contributed by atoms with Gasteiger partial charge in [-0.3, -0.25) is 0 Å². The lowest BCUT2D eigenvalue weighted by Crippen LogP contribution is -2.32. The summed E-state index contributed by atoms with van der Waals surface area (Å²) in [5.41, 5.74) is 0.698. The molecule has 0 radical (unpaired) electrons. The molecule has 5 heteroatoms. The molecule has 0 aromatic rings. The number of esters is 1. The van der Waals surface area contributed by atoms with E-state index in [1.54, 1.807) is 24.3 Å². The minimum atomic E-state index is -0.850. The van der Waals surface area contributed by atoms with Gasteiger partial charge in [0.05, 0.1) is 7.11 Å². The number of hydrogen-bond acceptors (Lipinski definition) is 5. The van der Waals surface area contributed by atoms with Crippen LogP contribution in [0.3, 0.4) is 0 Å². The molecule has 0 aliphatic heterocycles. The van der Waals surface area contributed by atoms with Crippen molar-refractivity contribution in [3.63, 3.8) is 0 Å². The fourth-order valence-electron chi connectivity index (χ4n) is 1.62. The summed E-state index contributed by atoms with van der Waals surface area (Å²) in [5, 5.41) is 8.88. The molecule has 1 aliphatic carbocycles. The maximum absolute atomic E-state index is 11.3. The van der Waals surface area contributed by atoms with Gasteiger partial charge >= 0.3 is 5.97 Å². The SMILES string of the molecule is COC(=O)C(C#N)=CC1=CC=CC(OC)(OC)C1. The fourth-order valence-corrected chi connectivity index (χ4v) is 1.62. The number of carbonyl (C=O) groups excluding carboxylic acids is 1. The van der Waals surface area contributed by atoms with Gasteiger partial charge in [0.15, 0.2) is 5.79 Å². The molecule has 0 saturated heterocycles. The number of methoxy groups -OCH3 is 3. The molecule has 0 saturated carbocycles. The minimum Gasteiger partial charge on any atom is -0.465 e. The lowest BCUT2D eigenvalue weighted by molar-refractivity contribution is -0.168. The van der Waals surface area contributed by atoms with Crippen LogP contribution >= 0.6 is 0 Å². The largest absolute Gasteiger partial charge is 0.465 e. The first-order valence-electron chi connectivity index (χ1n) is 5.29. The van der Waals surface area contributed by atoms with E-state index < -0.39 is 11.8 Å². The van der Waals surface area contributed by atoms with Crippen LogP contribution in [-0.4, -0.2) is 33.1 Å². The van der Waals surface area contributed by atoms with Crippen molar-refractivity contribution in [1.29, 1.82) is 5.26 Å². The summed E-state index contributed by atoms with van der Waals surface area (Å²) in [6.45, 7) is 0. The molecule has 96 valence electrons. The summed E-state index contributed by atoms with van der Waals surface area (Å²) < 4.78 is 15.1. The maximum atomic E-state index is 11.3. The van der Waals surface area contributed by atoms with Gasteiger partial charge in [0.25, 0.3) is 0 Å². The Hall–Kier alpha value is -1.90. The molecular formula is C13H15NO4. The van der Waals surface area contributed by atoms with Gasteiger partial charge in [-0.1, -0.05) is 12.2 Å². The van der Waals surface area contributed by atoms with Crippen LogP contribution in [0.5, 0.6) is 0 Å². The number of ether oxygens (including phenoxy) is 3. The molecule has 18 heavy (non-hydrogen) atoms. The lowest BCUT2D eigenvalue weighted by atomic mass is 9.97. The third-order valence-electron chi connectivity index (χ3n) is 2.66. The molecule has 0 spiro atoms. The highest BCUT2D eigenvalue weighted by Crippen LogP contribution is 2.28. The van der Waals surface area contributed by atoms with E-state index in [4.69, 9.17) is 14.7 Å². The highest BCUT2D eigenvalue weighted by molar-refractivity contribution is 5.93. The maximum Gasteiger partial charge on any atom is 0.348 e. The highest BCUT2D eigenvalue weighted by Gasteiger charge is 2.29. The van der Waals surface area contributed by atoms with Crippen molar-refractivity contribution in [1.82, 2.24) is 0 Å². The van der Waals surface area contributed by atoms with Crippen LogP contribution in [0.25, 0.3) is 0 Å². The summed E-state index contributed by atoms with van der Waals surface area (Å²) in [4.78, 5) is 11.3. The Morgan fingerprint density at radius 2 is 2.11 bits per heavy atom. The van der Waals surface area contributed by atoms with Crippen molar-refractivity contribution in [2.24, 2.45) is 0 Å². The number of allylic oxidation sites excluding steroid dienone is 3. The van der Waals surface area contributed by atoms with Crippen molar-refractivity contribution in [3.8, 4) is 6.07 Å². The van der Waals surface area contributed by atoms with Crippen molar-refractivity contribution >= 4 is 5.97 Å². The molecule has 0 aromatic carbocycles. The van der Waals surface area contributed by atoms with Crippen LogP contribution in [0.1, 0.15) is 6.42 Å². The number of hydrogen-bond donors (Lipinski definition) is 0. The minimum absolute atomic E-state index is 0.0554. The first kappa shape index (κ1) is 14.2. The van der Waals surface area contributed by atoms with Crippen molar-refractivity contribution in [2.75, 3.05) is 21.3 Å². The summed E-state index contributed by atoms with van der Waals surface area (Å²) in [6, 6.07) is 1.80. The van der Waals surface area contributed by atoms with Gasteiger partial charge in [-0.2, -0.15) is 5.26 Å². The van der Waals surface area contributed by atoms with E-state index >= 15 is 0 Å². The zero-order valence-corrected chi connectivity index (χ0v) is 10.6. The Balaban J connectivity index is 2.96. The average molecular weight is 249 g/mol. The van der Waals surface area contributed by atoms with Crippen molar-refractivity contribution < 1.29 is 19.0 Å². The van der Waals surface area contributed by atoms with Gasteiger partial charge < -0.3 is 14.2 Å². The second-order valence-electron chi connectivity index (χ2n) is 3.66. The van der Waals surface area contributed by atoms with Gasteiger partial charge in [-0.15, -0.1) is 0 Å². The average Bonchev–Trinajstić information content (AvgIpc) is 2.44. The molecule has 0 aromatic heterocycles. The first-order valence-corrected chi connectivity index (χ1v) is 5.29.